The molecule has 0 saturated heterocycles. The van der Waals surface area contributed by atoms with E-state index in [0.29, 0.717) is 5.69 Å². The number of fused-ring (bicyclic) bond motifs is 1. The van der Waals surface area contributed by atoms with Crippen LogP contribution in [0.2, 0.25) is 0 Å². The maximum absolute atomic E-state index is 12.6. The lowest BCUT2D eigenvalue weighted by Gasteiger charge is -2.20. The molecule has 0 unspecified atom stereocenters. The third-order valence-electron chi connectivity index (χ3n) is 3.87. The molecule has 4 nitrogen and oxygen atoms in total. The molecule has 1 aliphatic heterocycles. The van der Waals surface area contributed by atoms with Gasteiger partial charge in [-0.1, -0.05) is 19.8 Å². The molecular weight excluding hydrogens is 240 g/mol. The quantitative estimate of drug-likeness (QED) is 0.655. The van der Waals surface area contributed by atoms with E-state index in [1.165, 1.54) is 0 Å². The van der Waals surface area contributed by atoms with Crippen molar-refractivity contribution in [2.24, 2.45) is 0 Å². The Bertz CT molecular complexity index is 477. The Labute approximate surface area is 114 Å². The number of rotatable bonds is 5. The largest absolute Gasteiger partial charge is 0.355 e. The normalized spacial score (nSPS) is 15.3. The zero-order valence-corrected chi connectivity index (χ0v) is 11.8. The molecular formula is C15H22N2O2. The number of nitrogens with one attached hydrogen (secondary N) is 1. The van der Waals surface area contributed by atoms with Gasteiger partial charge in [0.25, 0.3) is 5.91 Å². The van der Waals surface area contributed by atoms with Crippen molar-refractivity contribution in [2.75, 3.05) is 13.1 Å². The van der Waals surface area contributed by atoms with Crippen LogP contribution in [0.25, 0.3) is 0 Å². The van der Waals surface area contributed by atoms with E-state index in [1.54, 1.807) is 0 Å². The fourth-order valence-corrected chi connectivity index (χ4v) is 2.75. The van der Waals surface area contributed by atoms with E-state index >= 15 is 0 Å². The number of nitrogens with zero attached hydrogens (tertiary/aromatic N) is 1. The summed E-state index contributed by atoms with van der Waals surface area (Å²) >= 11 is 0. The topological polar surface area (TPSA) is 53.2 Å². The Balaban J connectivity index is 2.22. The van der Waals surface area contributed by atoms with Gasteiger partial charge in [0.1, 0.15) is 0 Å². The second-order valence-electron chi connectivity index (χ2n) is 5.24. The van der Waals surface area contributed by atoms with Crippen LogP contribution in [0.15, 0.2) is 0 Å². The third kappa shape index (κ3) is 2.72. The van der Waals surface area contributed by atoms with E-state index in [0.717, 1.165) is 68.3 Å². The van der Waals surface area contributed by atoms with Crippen molar-refractivity contribution in [3.05, 3.63) is 22.5 Å². The molecule has 0 spiro atoms. The van der Waals surface area contributed by atoms with Gasteiger partial charge in [-0.2, -0.15) is 0 Å². The van der Waals surface area contributed by atoms with Crippen molar-refractivity contribution in [1.29, 1.82) is 0 Å². The van der Waals surface area contributed by atoms with Crippen LogP contribution in [-0.2, 0) is 6.42 Å². The predicted molar refractivity (Wildman–Crippen MR) is 74.7 cm³/mol. The van der Waals surface area contributed by atoms with Gasteiger partial charge in [0, 0.05) is 18.8 Å². The Hall–Kier alpha value is -1.58. The number of aryl methyl sites for hydroxylation is 1. The molecule has 1 aliphatic rings. The van der Waals surface area contributed by atoms with Crippen LogP contribution in [0.3, 0.4) is 0 Å². The second-order valence-corrected chi connectivity index (χ2v) is 5.24. The van der Waals surface area contributed by atoms with Crippen molar-refractivity contribution in [3.8, 4) is 0 Å². The molecule has 1 amide bonds. The highest BCUT2D eigenvalue weighted by atomic mass is 16.2. The minimum absolute atomic E-state index is 0.0884. The number of aromatic nitrogens is 1. The van der Waals surface area contributed by atoms with Gasteiger partial charge in [0.15, 0.2) is 6.29 Å². The Morgan fingerprint density at radius 2 is 2.16 bits per heavy atom. The lowest BCUT2D eigenvalue weighted by Crippen LogP contribution is -2.32. The van der Waals surface area contributed by atoms with Crippen LogP contribution < -0.4 is 0 Å². The maximum atomic E-state index is 12.6. The smallest absolute Gasteiger partial charge is 0.255 e. The molecule has 1 aromatic rings. The van der Waals surface area contributed by atoms with Crippen LogP contribution in [0.4, 0.5) is 0 Å². The Kier molecular flexibility index (Phi) is 4.40. The van der Waals surface area contributed by atoms with Gasteiger partial charge in [0.05, 0.1) is 11.3 Å². The average Bonchev–Trinajstić information content (AvgIpc) is 2.63. The molecule has 1 N–H and O–H groups in total. The summed E-state index contributed by atoms with van der Waals surface area (Å²) < 4.78 is 0. The molecule has 2 heterocycles. The van der Waals surface area contributed by atoms with Crippen LogP contribution >= 0.6 is 0 Å². The summed E-state index contributed by atoms with van der Waals surface area (Å²) in [6.07, 6.45) is 5.98. The zero-order valence-electron chi connectivity index (χ0n) is 11.8. The number of unbranched alkanes of at least 4 members (excludes halogenated alkanes) is 2. The SMILES string of the molecule is CCCCCN1CCCc2[nH]c(C=O)c(C)c2C1=O. The Morgan fingerprint density at radius 1 is 1.37 bits per heavy atom. The maximum Gasteiger partial charge on any atom is 0.255 e. The monoisotopic (exact) mass is 262 g/mol. The van der Waals surface area contributed by atoms with E-state index in [2.05, 4.69) is 11.9 Å². The van der Waals surface area contributed by atoms with E-state index in [1.807, 2.05) is 11.8 Å². The second kappa shape index (κ2) is 6.04. The average molecular weight is 262 g/mol. The summed E-state index contributed by atoms with van der Waals surface area (Å²) in [6, 6.07) is 0. The molecule has 4 heteroatoms. The number of hydrogen-bond acceptors (Lipinski definition) is 2. The molecule has 0 fully saturated rings. The first-order chi connectivity index (χ1) is 9.19. The molecule has 0 aromatic carbocycles. The first-order valence-corrected chi connectivity index (χ1v) is 7.15. The fourth-order valence-electron chi connectivity index (χ4n) is 2.75. The molecule has 0 bridgehead atoms. The molecule has 1 aromatic heterocycles. The number of carbonyl (C=O) groups is 2. The van der Waals surface area contributed by atoms with Gasteiger partial charge in [-0.3, -0.25) is 9.59 Å². The number of carbonyl (C=O) groups excluding carboxylic acids is 2. The summed E-state index contributed by atoms with van der Waals surface area (Å²) in [5, 5.41) is 0. The molecule has 2 rings (SSSR count). The van der Waals surface area contributed by atoms with Gasteiger partial charge in [0.2, 0.25) is 0 Å². The van der Waals surface area contributed by atoms with Gasteiger partial charge in [-0.25, -0.2) is 0 Å². The van der Waals surface area contributed by atoms with Crippen LogP contribution in [0, 0.1) is 6.92 Å². The fraction of sp³-hybridized carbons (Fsp3) is 0.600. The Morgan fingerprint density at radius 3 is 2.84 bits per heavy atom. The van der Waals surface area contributed by atoms with Crippen molar-refractivity contribution >= 4 is 12.2 Å². The molecule has 0 aliphatic carbocycles. The predicted octanol–water partition coefficient (Wildman–Crippen LogP) is 2.71. The molecule has 19 heavy (non-hydrogen) atoms. The van der Waals surface area contributed by atoms with E-state index in [-0.39, 0.29) is 5.91 Å². The van der Waals surface area contributed by atoms with E-state index in [4.69, 9.17) is 0 Å². The number of aldehydes is 1. The summed E-state index contributed by atoms with van der Waals surface area (Å²) in [5.74, 6) is 0.0884. The molecule has 0 radical (unpaired) electrons. The van der Waals surface area contributed by atoms with Crippen LogP contribution in [0.1, 0.15) is 64.7 Å². The third-order valence-corrected chi connectivity index (χ3v) is 3.87. The zero-order chi connectivity index (χ0) is 13.8. The highest BCUT2D eigenvalue weighted by molar-refractivity contribution is 5.99. The minimum atomic E-state index is 0.0884. The van der Waals surface area contributed by atoms with Crippen molar-refractivity contribution in [1.82, 2.24) is 9.88 Å². The van der Waals surface area contributed by atoms with Gasteiger partial charge in [-0.05, 0) is 31.7 Å². The summed E-state index contributed by atoms with van der Waals surface area (Å²) in [4.78, 5) is 28.6. The lowest BCUT2D eigenvalue weighted by molar-refractivity contribution is 0.0757. The first kappa shape index (κ1) is 13.8. The summed E-state index contributed by atoms with van der Waals surface area (Å²) in [7, 11) is 0. The van der Waals surface area contributed by atoms with Crippen LogP contribution in [0.5, 0.6) is 0 Å². The van der Waals surface area contributed by atoms with Gasteiger partial charge < -0.3 is 9.88 Å². The number of hydrogen-bond donors (Lipinski definition) is 1. The molecule has 0 atom stereocenters. The number of H-pyrrole nitrogens is 1. The first-order valence-electron chi connectivity index (χ1n) is 7.15. The highest BCUT2D eigenvalue weighted by Gasteiger charge is 2.26. The van der Waals surface area contributed by atoms with E-state index in [9.17, 15) is 9.59 Å². The lowest BCUT2D eigenvalue weighted by atomic mass is 10.1. The summed E-state index contributed by atoms with van der Waals surface area (Å²) in [5.41, 5.74) is 3.02. The van der Waals surface area contributed by atoms with Crippen molar-refractivity contribution in [2.45, 2.75) is 46.0 Å². The molecule has 0 saturated carbocycles. The standard InChI is InChI=1S/C15H22N2O2/c1-3-4-5-8-17-9-6-7-12-14(15(17)19)11(2)13(10-18)16-12/h10,16H,3-9H2,1-2H3. The van der Waals surface area contributed by atoms with Gasteiger partial charge >= 0.3 is 0 Å². The highest BCUT2D eigenvalue weighted by Crippen LogP contribution is 2.24. The van der Waals surface area contributed by atoms with Gasteiger partial charge in [-0.15, -0.1) is 0 Å². The number of aromatic amines is 1. The minimum Gasteiger partial charge on any atom is -0.355 e. The summed E-state index contributed by atoms with van der Waals surface area (Å²) in [6.45, 7) is 5.66. The molecule has 104 valence electrons. The van der Waals surface area contributed by atoms with Crippen molar-refractivity contribution < 1.29 is 9.59 Å². The van der Waals surface area contributed by atoms with Crippen LogP contribution in [-0.4, -0.2) is 35.2 Å². The van der Waals surface area contributed by atoms with E-state index < -0.39 is 0 Å². The number of amides is 1. The van der Waals surface area contributed by atoms with Crippen molar-refractivity contribution in [3.63, 3.8) is 0 Å².